The Morgan fingerprint density at radius 1 is 1.39 bits per heavy atom. The molecule has 1 aromatic rings. The number of phenolic OH excluding ortho intramolecular Hbond substituents is 1. The van der Waals surface area contributed by atoms with E-state index < -0.39 is 5.60 Å². The summed E-state index contributed by atoms with van der Waals surface area (Å²) in [5, 5.41) is 22.4. The lowest BCUT2D eigenvalue weighted by atomic mass is 9.97. The van der Waals surface area contributed by atoms with E-state index in [-0.39, 0.29) is 18.1 Å². The minimum atomic E-state index is -0.858. The van der Waals surface area contributed by atoms with Crippen LogP contribution in [-0.2, 0) is 4.79 Å². The minimum Gasteiger partial charge on any atom is -0.506 e. The van der Waals surface area contributed by atoms with Crippen LogP contribution < -0.4 is 5.32 Å². The predicted molar refractivity (Wildman–Crippen MR) is 69.5 cm³/mol. The quantitative estimate of drug-likeness (QED) is 0.720. The number of rotatable bonds is 3. The first-order chi connectivity index (χ1) is 8.48. The van der Waals surface area contributed by atoms with E-state index in [2.05, 4.69) is 5.32 Å². The van der Waals surface area contributed by atoms with E-state index in [1.54, 1.807) is 18.2 Å². The first-order valence-corrected chi connectivity index (χ1v) is 6.30. The number of amides is 1. The van der Waals surface area contributed by atoms with Crippen LogP contribution in [0.15, 0.2) is 18.2 Å². The van der Waals surface area contributed by atoms with Gasteiger partial charge in [0.2, 0.25) is 5.91 Å². The van der Waals surface area contributed by atoms with E-state index in [0.29, 0.717) is 18.5 Å². The molecule has 0 aromatic heterocycles. The van der Waals surface area contributed by atoms with Gasteiger partial charge in [0.05, 0.1) is 17.7 Å². The largest absolute Gasteiger partial charge is 0.506 e. The molecule has 1 saturated carbocycles. The molecule has 1 amide bonds. The van der Waals surface area contributed by atoms with Gasteiger partial charge in [-0.05, 0) is 37.5 Å². The molecule has 0 atom stereocenters. The van der Waals surface area contributed by atoms with Gasteiger partial charge in [-0.1, -0.05) is 18.9 Å². The van der Waals surface area contributed by atoms with E-state index >= 15 is 0 Å². The number of hydrogen-bond acceptors (Lipinski definition) is 3. The molecule has 0 spiro atoms. The smallest absolute Gasteiger partial charge is 0.227 e. The van der Waals surface area contributed by atoms with Crippen molar-refractivity contribution in [2.75, 3.05) is 5.32 Å². The number of carbonyl (C=O) groups excluding carboxylic acids is 1. The molecule has 0 unspecified atom stereocenters. The first-order valence-electron chi connectivity index (χ1n) is 6.30. The normalized spacial score (nSPS) is 17.7. The lowest BCUT2D eigenvalue weighted by molar-refractivity contribution is -0.120. The van der Waals surface area contributed by atoms with Gasteiger partial charge in [0.1, 0.15) is 5.75 Å². The molecule has 0 bridgehead atoms. The highest BCUT2D eigenvalue weighted by atomic mass is 16.3. The number of phenols is 1. The molecule has 0 saturated heterocycles. The van der Waals surface area contributed by atoms with Gasteiger partial charge in [0.15, 0.2) is 0 Å². The summed E-state index contributed by atoms with van der Waals surface area (Å²) in [6.45, 7) is 1.89. The van der Waals surface area contributed by atoms with Gasteiger partial charge in [0.25, 0.3) is 0 Å². The van der Waals surface area contributed by atoms with Gasteiger partial charge >= 0.3 is 0 Å². The van der Waals surface area contributed by atoms with Crippen molar-refractivity contribution in [3.63, 3.8) is 0 Å². The zero-order valence-corrected chi connectivity index (χ0v) is 10.6. The molecule has 1 aliphatic rings. The van der Waals surface area contributed by atoms with Gasteiger partial charge in [-0.2, -0.15) is 0 Å². The maximum Gasteiger partial charge on any atom is 0.227 e. The predicted octanol–water partition coefficient (Wildman–Crippen LogP) is 2.33. The summed E-state index contributed by atoms with van der Waals surface area (Å²) in [5.41, 5.74) is 0.507. The van der Waals surface area contributed by atoms with Crippen LogP contribution in [-0.4, -0.2) is 21.7 Å². The lowest BCUT2D eigenvalue weighted by Gasteiger charge is -2.21. The van der Waals surface area contributed by atoms with Gasteiger partial charge < -0.3 is 15.5 Å². The van der Waals surface area contributed by atoms with E-state index in [1.165, 1.54) is 0 Å². The fourth-order valence-electron chi connectivity index (χ4n) is 2.45. The average Bonchev–Trinajstić information content (AvgIpc) is 2.70. The van der Waals surface area contributed by atoms with Crippen LogP contribution in [0.2, 0.25) is 0 Å². The van der Waals surface area contributed by atoms with E-state index in [0.717, 1.165) is 18.4 Å². The topological polar surface area (TPSA) is 69.6 Å². The summed E-state index contributed by atoms with van der Waals surface area (Å²) in [6.07, 6.45) is 3.40. The SMILES string of the molecule is Cc1ccc(O)c(NC(=O)CC2(O)CCCC2)c1. The maximum absolute atomic E-state index is 11.9. The number of hydrogen-bond donors (Lipinski definition) is 3. The third-order valence-corrected chi connectivity index (χ3v) is 3.45. The standard InChI is InChI=1S/C14H19NO3/c1-10-4-5-12(16)11(8-10)15-13(17)9-14(18)6-2-3-7-14/h4-5,8,16,18H,2-3,6-7,9H2,1H3,(H,15,17). The van der Waals surface area contributed by atoms with Crippen molar-refractivity contribution in [2.45, 2.75) is 44.6 Å². The summed E-state index contributed by atoms with van der Waals surface area (Å²) < 4.78 is 0. The number of aryl methyl sites for hydroxylation is 1. The molecular formula is C14H19NO3. The van der Waals surface area contributed by atoms with Crippen LogP contribution in [0.25, 0.3) is 0 Å². The van der Waals surface area contributed by atoms with Crippen LogP contribution in [0.4, 0.5) is 5.69 Å². The van der Waals surface area contributed by atoms with E-state index in [4.69, 9.17) is 0 Å². The van der Waals surface area contributed by atoms with Crippen molar-refractivity contribution in [3.8, 4) is 5.75 Å². The van der Waals surface area contributed by atoms with Crippen molar-refractivity contribution in [3.05, 3.63) is 23.8 Å². The molecule has 4 heteroatoms. The van der Waals surface area contributed by atoms with Crippen LogP contribution >= 0.6 is 0 Å². The van der Waals surface area contributed by atoms with Crippen LogP contribution in [0.5, 0.6) is 5.75 Å². The molecular weight excluding hydrogens is 230 g/mol. The van der Waals surface area contributed by atoms with Crippen LogP contribution in [0.3, 0.4) is 0 Å². The Balaban J connectivity index is 2.00. The van der Waals surface area contributed by atoms with Gasteiger partial charge in [-0.3, -0.25) is 4.79 Å². The Bertz CT molecular complexity index is 450. The van der Waals surface area contributed by atoms with Crippen molar-refractivity contribution >= 4 is 11.6 Å². The number of nitrogens with one attached hydrogen (secondary N) is 1. The molecule has 1 aromatic carbocycles. The Labute approximate surface area is 107 Å². The molecule has 0 radical (unpaired) electrons. The number of benzene rings is 1. The maximum atomic E-state index is 11.9. The average molecular weight is 249 g/mol. The second kappa shape index (κ2) is 4.98. The van der Waals surface area contributed by atoms with Crippen molar-refractivity contribution in [1.82, 2.24) is 0 Å². The minimum absolute atomic E-state index is 0.0485. The Morgan fingerprint density at radius 2 is 2.06 bits per heavy atom. The molecule has 98 valence electrons. The van der Waals surface area contributed by atoms with Gasteiger partial charge in [0, 0.05) is 0 Å². The molecule has 0 heterocycles. The zero-order chi connectivity index (χ0) is 13.2. The van der Waals surface area contributed by atoms with Crippen molar-refractivity contribution < 1.29 is 15.0 Å². The molecule has 18 heavy (non-hydrogen) atoms. The van der Waals surface area contributed by atoms with E-state index in [1.807, 2.05) is 6.92 Å². The monoisotopic (exact) mass is 249 g/mol. The third-order valence-electron chi connectivity index (χ3n) is 3.45. The van der Waals surface area contributed by atoms with Crippen molar-refractivity contribution in [2.24, 2.45) is 0 Å². The van der Waals surface area contributed by atoms with E-state index in [9.17, 15) is 15.0 Å². The Hall–Kier alpha value is -1.55. The highest BCUT2D eigenvalue weighted by molar-refractivity contribution is 5.92. The van der Waals surface area contributed by atoms with Crippen LogP contribution in [0, 0.1) is 6.92 Å². The summed E-state index contributed by atoms with van der Waals surface area (Å²) in [4.78, 5) is 11.9. The Morgan fingerprint density at radius 3 is 2.72 bits per heavy atom. The summed E-state index contributed by atoms with van der Waals surface area (Å²) >= 11 is 0. The third kappa shape index (κ3) is 3.01. The second-order valence-electron chi connectivity index (χ2n) is 5.18. The Kier molecular flexibility index (Phi) is 3.57. The van der Waals surface area contributed by atoms with Gasteiger partial charge in [-0.25, -0.2) is 0 Å². The molecule has 2 rings (SSSR count). The highest BCUT2D eigenvalue weighted by Crippen LogP contribution is 2.33. The number of anilines is 1. The number of aliphatic hydroxyl groups is 1. The summed E-state index contributed by atoms with van der Waals surface area (Å²) in [6, 6.07) is 5.04. The highest BCUT2D eigenvalue weighted by Gasteiger charge is 2.33. The van der Waals surface area contributed by atoms with Crippen LogP contribution in [0.1, 0.15) is 37.7 Å². The molecule has 1 fully saturated rings. The zero-order valence-electron chi connectivity index (χ0n) is 10.6. The molecule has 0 aliphatic heterocycles. The number of aromatic hydroxyl groups is 1. The molecule has 4 nitrogen and oxygen atoms in total. The van der Waals surface area contributed by atoms with Crippen molar-refractivity contribution in [1.29, 1.82) is 0 Å². The summed E-state index contributed by atoms with van der Waals surface area (Å²) in [5.74, 6) is -0.201. The summed E-state index contributed by atoms with van der Waals surface area (Å²) in [7, 11) is 0. The number of carbonyl (C=O) groups is 1. The molecule has 1 aliphatic carbocycles. The second-order valence-corrected chi connectivity index (χ2v) is 5.18. The molecule has 3 N–H and O–H groups in total. The fourth-order valence-corrected chi connectivity index (χ4v) is 2.45. The lowest BCUT2D eigenvalue weighted by Crippen LogP contribution is -2.30. The first kappa shape index (κ1) is 12.9. The van der Waals surface area contributed by atoms with Gasteiger partial charge in [-0.15, -0.1) is 0 Å². The fraction of sp³-hybridized carbons (Fsp3) is 0.500.